The van der Waals surface area contributed by atoms with Crippen LogP contribution in [0.4, 0.5) is 0 Å². The summed E-state index contributed by atoms with van der Waals surface area (Å²) >= 11 is 0. The van der Waals surface area contributed by atoms with Crippen molar-refractivity contribution >= 4 is 10.0 Å². The lowest BCUT2D eigenvalue weighted by atomic mass is 10.1. The second kappa shape index (κ2) is 5.71. The summed E-state index contributed by atoms with van der Waals surface area (Å²) in [4.78, 5) is 0.387. The number of aliphatic hydroxyl groups excluding tert-OH is 1. The van der Waals surface area contributed by atoms with E-state index in [2.05, 4.69) is 0 Å². The van der Waals surface area contributed by atoms with Crippen molar-refractivity contribution in [3.05, 3.63) is 29.3 Å². The van der Waals surface area contributed by atoms with E-state index < -0.39 is 10.0 Å². The quantitative estimate of drug-likeness (QED) is 0.925. The summed E-state index contributed by atoms with van der Waals surface area (Å²) in [6.07, 6.45) is 5.47. The van der Waals surface area contributed by atoms with E-state index in [1.165, 1.54) is 15.4 Å². The Balaban J connectivity index is 1.79. The normalized spacial score (nSPS) is 25.5. The fourth-order valence-electron chi connectivity index (χ4n) is 3.55. The van der Waals surface area contributed by atoms with Gasteiger partial charge in [-0.25, -0.2) is 12.7 Å². The maximum absolute atomic E-state index is 12.7. The topological polar surface area (TPSA) is 57.6 Å². The Bertz CT molecular complexity index is 626. The van der Waals surface area contributed by atoms with E-state index in [-0.39, 0.29) is 12.0 Å². The van der Waals surface area contributed by atoms with Crippen LogP contribution in [0.15, 0.2) is 23.1 Å². The summed E-state index contributed by atoms with van der Waals surface area (Å²) in [6, 6.07) is 5.51. The summed E-state index contributed by atoms with van der Waals surface area (Å²) in [5, 5.41) is 9.88. The van der Waals surface area contributed by atoms with Crippen LogP contribution in [0.3, 0.4) is 0 Å². The Hall–Kier alpha value is -0.910. The first-order valence-electron chi connectivity index (χ1n) is 7.74. The number of sulfonamides is 1. The summed E-state index contributed by atoms with van der Waals surface area (Å²) in [7, 11) is -1.83. The molecular formula is C16H23NO3S. The third-order valence-electron chi connectivity index (χ3n) is 4.89. The van der Waals surface area contributed by atoms with Crippen molar-refractivity contribution in [1.82, 2.24) is 4.31 Å². The zero-order valence-corrected chi connectivity index (χ0v) is 13.3. The third-order valence-corrected chi connectivity index (χ3v) is 6.71. The molecule has 0 saturated heterocycles. The van der Waals surface area contributed by atoms with Gasteiger partial charge in [0.2, 0.25) is 10.0 Å². The van der Waals surface area contributed by atoms with Crippen molar-refractivity contribution in [3.63, 3.8) is 0 Å². The molecule has 0 aromatic heterocycles. The molecule has 2 aliphatic rings. The average molecular weight is 309 g/mol. The summed E-state index contributed by atoms with van der Waals surface area (Å²) < 4.78 is 26.7. The minimum Gasteiger partial charge on any atom is -0.393 e. The Morgan fingerprint density at radius 2 is 1.95 bits per heavy atom. The molecule has 0 spiro atoms. The van der Waals surface area contributed by atoms with Gasteiger partial charge in [-0.1, -0.05) is 12.5 Å². The molecule has 5 heteroatoms. The van der Waals surface area contributed by atoms with E-state index in [0.29, 0.717) is 11.4 Å². The molecule has 1 aromatic carbocycles. The lowest BCUT2D eigenvalue weighted by molar-refractivity contribution is 0.123. The molecule has 2 unspecified atom stereocenters. The lowest BCUT2D eigenvalue weighted by Gasteiger charge is -2.23. The molecule has 2 atom stereocenters. The number of hydrogen-bond donors (Lipinski definition) is 1. The van der Waals surface area contributed by atoms with Crippen molar-refractivity contribution in [2.24, 2.45) is 5.92 Å². The predicted octanol–water partition coefficient (Wildman–Crippen LogP) is 1.96. The maximum atomic E-state index is 12.7. The van der Waals surface area contributed by atoms with E-state index in [4.69, 9.17) is 0 Å². The number of nitrogens with zero attached hydrogens (tertiary/aromatic N) is 1. The standard InChI is InChI=1S/C16H23NO3S/c1-17(11-14-6-3-7-16(14)18)21(19,20)15-9-8-12-4-2-5-13(12)10-15/h8-10,14,16,18H,2-7,11H2,1H3. The van der Waals surface area contributed by atoms with E-state index in [9.17, 15) is 13.5 Å². The molecule has 1 aromatic rings. The molecular weight excluding hydrogens is 286 g/mol. The molecule has 21 heavy (non-hydrogen) atoms. The fraction of sp³-hybridized carbons (Fsp3) is 0.625. The van der Waals surface area contributed by atoms with Gasteiger partial charge in [0, 0.05) is 13.6 Å². The van der Waals surface area contributed by atoms with Gasteiger partial charge in [0.05, 0.1) is 11.0 Å². The van der Waals surface area contributed by atoms with E-state index in [1.807, 2.05) is 12.1 Å². The number of hydrogen-bond acceptors (Lipinski definition) is 3. The van der Waals surface area contributed by atoms with Gasteiger partial charge in [-0.15, -0.1) is 0 Å². The highest BCUT2D eigenvalue weighted by Crippen LogP contribution is 2.29. The van der Waals surface area contributed by atoms with Crippen LogP contribution in [-0.4, -0.2) is 37.5 Å². The van der Waals surface area contributed by atoms with Crippen LogP contribution in [0.1, 0.15) is 36.8 Å². The molecule has 0 radical (unpaired) electrons. The van der Waals surface area contributed by atoms with Crippen molar-refractivity contribution in [2.75, 3.05) is 13.6 Å². The zero-order valence-electron chi connectivity index (χ0n) is 12.5. The van der Waals surface area contributed by atoms with Gasteiger partial charge in [-0.2, -0.15) is 0 Å². The van der Waals surface area contributed by atoms with Crippen LogP contribution >= 0.6 is 0 Å². The van der Waals surface area contributed by atoms with E-state index >= 15 is 0 Å². The Kier molecular flexibility index (Phi) is 4.08. The number of aryl methyl sites for hydroxylation is 2. The zero-order chi connectivity index (χ0) is 15.0. The molecule has 0 heterocycles. The molecule has 2 aliphatic carbocycles. The molecule has 0 bridgehead atoms. The van der Waals surface area contributed by atoms with Crippen LogP contribution < -0.4 is 0 Å². The molecule has 3 rings (SSSR count). The molecule has 1 saturated carbocycles. The molecule has 1 N–H and O–H groups in total. The Labute approximate surface area is 126 Å². The predicted molar refractivity (Wildman–Crippen MR) is 81.6 cm³/mol. The summed E-state index contributed by atoms with van der Waals surface area (Å²) in [5.41, 5.74) is 2.45. The Morgan fingerprint density at radius 3 is 2.67 bits per heavy atom. The third kappa shape index (κ3) is 2.87. The minimum atomic E-state index is -3.45. The van der Waals surface area contributed by atoms with Gasteiger partial charge < -0.3 is 5.11 Å². The second-order valence-electron chi connectivity index (χ2n) is 6.33. The first-order valence-corrected chi connectivity index (χ1v) is 9.18. The maximum Gasteiger partial charge on any atom is 0.242 e. The van der Waals surface area contributed by atoms with E-state index in [0.717, 1.165) is 38.5 Å². The number of fused-ring (bicyclic) bond motifs is 1. The van der Waals surface area contributed by atoms with Crippen LogP contribution in [0.5, 0.6) is 0 Å². The number of aliphatic hydroxyl groups is 1. The summed E-state index contributed by atoms with van der Waals surface area (Å²) in [6.45, 7) is 0.403. The monoisotopic (exact) mass is 309 g/mol. The fourth-order valence-corrected chi connectivity index (χ4v) is 4.83. The molecule has 0 aliphatic heterocycles. The van der Waals surface area contributed by atoms with Gasteiger partial charge in [0.25, 0.3) is 0 Å². The van der Waals surface area contributed by atoms with Gasteiger partial charge in [0.15, 0.2) is 0 Å². The highest BCUT2D eigenvalue weighted by Gasteiger charge is 2.30. The van der Waals surface area contributed by atoms with Gasteiger partial charge in [-0.05, 0) is 61.3 Å². The molecule has 116 valence electrons. The summed E-state index contributed by atoms with van der Waals surface area (Å²) in [5.74, 6) is 0.0687. The average Bonchev–Trinajstić information content (AvgIpc) is 3.07. The Morgan fingerprint density at radius 1 is 1.19 bits per heavy atom. The second-order valence-corrected chi connectivity index (χ2v) is 8.37. The highest BCUT2D eigenvalue weighted by molar-refractivity contribution is 7.89. The van der Waals surface area contributed by atoms with Crippen LogP contribution in [-0.2, 0) is 22.9 Å². The molecule has 0 amide bonds. The van der Waals surface area contributed by atoms with Gasteiger partial charge in [0.1, 0.15) is 0 Å². The SMILES string of the molecule is CN(CC1CCCC1O)S(=O)(=O)c1ccc2c(c1)CCC2. The largest absolute Gasteiger partial charge is 0.393 e. The number of rotatable bonds is 4. The van der Waals surface area contributed by atoms with Crippen molar-refractivity contribution in [3.8, 4) is 0 Å². The van der Waals surface area contributed by atoms with Gasteiger partial charge in [-0.3, -0.25) is 0 Å². The first kappa shape index (κ1) is 15.0. The van der Waals surface area contributed by atoms with Crippen molar-refractivity contribution in [2.45, 2.75) is 49.5 Å². The van der Waals surface area contributed by atoms with Crippen molar-refractivity contribution < 1.29 is 13.5 Å². The number of benzene rings is 1. The minimum absolute atomic E-state index is 0.0687. The van der Waals surface area contributed by atoms with E-state index in [1.54, 1.807) is 13.1 Å². The first-order chi connectivity index (χ1) is 9.98. The van der Waals surface area contributed by atoms with Crippen LogP contribution in [0, 0.1) is 5.92 Å². The smallest absolute Gasteiger partial charge is 0.242 e. The lowest BCUT2D eigenvalue weighted by Crippen LogP contribution is -2.34. The van der Waals surface area contributed by atoms with Crippen LogP contribution in [0.2, 0.25) is 0 Å². The highest BCUT2D eigenvalue weighted by atomic mass is 32.2. The molecule has 4 nitrogen and oxygen atoms in total. The van der Waals surface area contributed by atoms with Crippen molar-refractivity contribution in [1.29, 1.82) is 0 Å². The van der Waals surface area contributed by atoms with Gasteiger partial charge >= 0.3 is 0 Å². The van der Waals surface area contributed by atoms with Crippen LogP contribution in [0.25, 0.3) is 0 Å². The molecule has 1 fully saturated rings.